The smallest absolute Gasteiger partial charge is 0.303 e. The molecule has 0 spiro atoms. The van der Waals surface area contributed by atoms with Gasteiger partial charge in [0.05, 0.1) is 18.1 Å². The average Bonchev–Trinajstić information content (AvgIpc) is 2.87. The van der Waals surface area contributed by atoms with E-state index in [1.807, 2.05) is 13.8 Å². The van der Waals surface area contributed by atoms with E-state index in [4.69, 9.17) is 28.4 Å². The molecule has 2 fully saturated rings. The van der Waals surface area contributed by atoms with Crippen LogP contribution < -0.4 is 0 Å². The molecule has 0 unspecified atom stereocenters. The van der Waals surface area contributed by atoms with Gasteiger partial charge in [-0.1, -0.05) is 20.8 Å². The van der Waals surface area contributed by atoms with Gasteiger partial charge in [0.25, 0.3) is 0 Å². The lowest BCUT2D eigenvalue weighted by Gasteiger charge is -2.62. The van der Waals surface area contributed by atoms with Crippen LogP contribution in [0.1, 0.15) is 82.1 Å². The lowest BCUT2D eigenvalue weighted by atomic mass is 9.47. The van der Waals surface area contributed by atoms with Gasteiger partial charge in [-0.05, 0) is 35.8 Å². The van der Waals surface area contributed by atoms with Crippen molar-refractivity contribution in [2.75, 3.05) is 6.61 Å². The van der Waals surface area contributed by atoms with E-state index in [-0.39, 0.29) is 19.4 Å². The second kappa shape index (κ2) is 13.5. The van der Waals surface area contributed by atoms with Gasteiger partial charge < -0.3 is 33.5 Å². The summed E-state index contributed by atoms with van der Waals surface area (Å²) in [6, 6.07) is 0. The van der Waals surface area contributed by atoms with Crippen LogP contribution in [0.2, 0.25) is 0 Å². The van der Waals surface area contributed by atoms with E-state index in [1.54, 1.807) is 13.8 Å². The van der Waals surface area contributed by atoms with Crippen molar-refractivity contribution >= 4 is 35.8 Å². The Morgan fingerprint density at radius 2 is 1.27 bits per heavy atom. The highest BCUT2D eigenvalue weighted by Crippen LogP contribution is 2.61. The van der Waals surface area contributed by atoms with Crippen LogP contribution in [0.4, 0.5) is 0 Å². The molecule has 0 aromatic rings. The Morgan fingerprint density at radius 3 is 1.76 bits per heavy atom. The Balaban J connectivity index is 2.49. The molecule has 1 N–H and O–H groups in total. The summed E-state index contributed by atoms with van der Waals surface area (Å²) in [5, 5.41) is 12.6. The third-order valence-corrected chi connectivity index (χ3v) is 9.75. The molecule has 0 saturated heterocycles. The van der Waals surface area contributed by atoms with Gasteiger partial charge in [-0.25, -0.2) is 0 Å². The highest BCUT2D eigenvalue weighted by atomic mass is 16.6. The fraction of sp³-hybridized carbons (Fsp3) is 0.750. The minimum absolute atomic E-state index is 0.0997. The average molecular weight is 639 g/mol. The van der Waals surface area contributed by atoms with E-state index in [1.165, 1.54) is 41.5 Å². The van der Waals surface area contributed by atoms with E-state index >= 15 is 0 Å². The zero-order chi connectivity index (χ0) is 34.2. The summed E-state index contributed by atoms with van der Waals surface area (Å²) >= 11 is 0. The zero-order valence-corrected chi connectivity index (χ0v) is 27.7. The fourth-order valence-corrected chi connectivity index (χ4v) is 8.16. The summed E-state index contributed by atoms with van der Waals surface area (Å²) in [4.78, 5) is 74.8. The topological polar surface area (TPSA) is 178 Å². The molecule has 0 radical (unpaired) electrons. The van der Waals surface area contributed by atoms with Gasteiger partial charge in [0.1, 0.15) is 18.3 Å². The normalized spacial score (nSPS) is 35.4. The largest absolute Gasteiger partial charge is 0.465 e. The number of carbonyl (C=O) groups excluding carboxylic acids is 6. The minimum atomic E-state index is -1.51. The second-order valence-electron chi connectivity index (χ2n) is 13.1. The van der Waals surface area contributed by atoms with Gasteiger partial charge in [-0.2, -0.15) is 0 Å². The maximum Gasteiger partial charge on any atom is 0.303 e. The number of ether oxygens (including phenoxy) is 6. The highest BCUT2D eigenvalue weighted by molar-refractivity contribution is 5.69. The van der Waals surface area contributed by atoms with Crippen molar-refractivity contribution in [2.45, 2.75) is 119 Å². The molecule has 0 aromatic heterocycles. The van der Waals surface area contributed by atoms with E-state index < -0.39 is 101 Å². The number of hydrogen-bond donors (Lipinski definition) is 1. The van der Waals surface area contributed by atoms with Crippen LogP contribution in [-0.4, -0.2) is 84.2 Å². The quantitative estimate of drug-likeness (QED) is 0.245. The van der Waals surface area contributed by atoms with Gasteiger partial charge in [-0.3, -0.25) is 28.8 Å². The molecule has 3 aliphatic rings. The van der Waals surface area contributed by atoms with Crippen LogP contribution in [0.15, 0.2) is 11.1 Å². The number of aliphatic hydroxyl groups excluding tert-OH is 1. The molecule has 0 aliphatic heterocycles. The molecule has 0 amide bonds. The second-order valence-corrected chi connectivity index (χ2v) is 13.1. The molecule has 3 aliphatic carbocycles. The maximum absolute atomic E-state index is 12.8. The number of aliphatic hydroxyl groups is 1. The summed E-state index contributed by atoms with van der Waals surface area (Å²) in [6.45, 7) is 14.1. The molecule has 10 atom stereocenters. The van der Waals surface area contributed by atoms with Crippen molar-refractivity contribution in [1.82, 2.24) is 0 Å². The van der Waals surface area contributed by atoms with Gasteiger partial charge in [-0.15, -0.1) is 0 Å². The standard InChI is InChI=1S/C32H46O13/c1-14-23(41-16(3)34)11-22-28(39)27-21(13-40-15(2)33)24(42-17(4)35)12-25(43-18(5)36)32(27,10)30(45-20(7)38)29(44-19(6)37)26(14)31(22,8)9/h21-25,27-30,39H,11-13H2,1-10H3/t21-,22+,23+,24+,25+,27+,28-,29-,30+,32-/m1/s1. The molecular weight excluding hydrogens is 592 g/mol. The summed E-state index contributed by atoms with van der Waals surface area (Å²) in [5.74, 6) is -6.60. The van der Waals surface area contributed by atoms with Crippen molar-refractivity contribution in [2.24, 2.45) is 28.6 Å². The molecule has 252 valence electrons. The first-order valence-corrected chi connectivity index (χ1v) is 15.1. The number of rotatable bonds is 7. The third kappa shape index (κ3) is 7.18. The van der Waals surface area contributed by atoms with Crippen LogP contribution in [0, 0.1) is 28.6 Å². The predicted octanol–water partition coefficient (Wildman–Crippen LogP) is 2.59. The number of hydrogen-bond acceptors (Lipinski definition) is 13. The summed E-state index contributed by atoms with van der Waals surface area (Å²) < 4.78 is 34.8. The lowest BCUT2D eigenvalue weighted by molar-refractivity contribution is -0.255. The molecule has 2 saturated carbocycles. The fourth-order valence-electron chi connectivity index (χ4n) is 8.16. The molecule has 45 heavy (non-hydrogen) atoms. The Labute approximate surface area is 263 Å². The molecular formula is C32H46O13. The Bertz CT molecular complexity index is 1250. The highest BCUT2D eigenvalue weighted by Gasteiger charge is 2.68. The van der Waals surface area contributed by atoms with E-state index in [9.17, 15) is 33.9 Å². The first kappa shape index (κ1) is 36.0. The number of fused-ring (bicyclic) bond motifs is 3. The Hall–Kier alpha value is -3.48. The molecule has 13 heteroatoms. The van der Waals surface area contributed by atoms with Crippen molar-refractivity contribution in [3.05, 3.63) is 11.1 Å². The third-order valence-electron chi connectivity index (χ3n) is 9.75. The van der Waals surface area contributed by atoms with Crippen LogP contribution in [0.5, 0.6) is 0 Å². The zero-order valence-electron chi connectivity index (χ0n) is 27.7. The molecule has 13 nitrogen and oxygen atoms in total. The lowest BCUT2D eigenvalue weighted by Crippen LogP contribution is -2.70. The maximum atomic E-state index is 12.8. The van der Waals surface area contributed by atoms with Crippen molar-refractivity contribution in [3.63, 3.8) is 0 Å². The van der Waals surface area contributed by atoms with E-state index in [0.717, 1.165) is 0 Å². The Kier molecular flexibility index (Phi) is 10.8. The first-order chi connectivity index (χ1) is 20.7. The molecule has 0 heterocycles. The summed E-state index contributed by atoms with van der Waals surface area (Å²) in [6.07, 6.45) is -6.87. The van der Waals surface area contributed by atoms with Gasteiger partial charge in [0, 0.05) is 59.8 Å². The monoisotopic (exact) mass is 638 g/mol. The minimum Gasteiger partial charge on any atom is -0.465 e. The number of esters is 6. The van der Waals surface area contributed by atoms with E-state index in [2.05, 4.69) is 0 Å². The summed E-state index contributed by atoms with van der Waals surface area (Å²) in [5.41, 5.74) is -1.40. The van der Waals surface area contributed by atoms with Crippen molar-refractivity contribution in [3.8, 4) is 0 Å². The van der Waals surface area contributed by atoms with Crippen LogP contribution in [-0.2, 0) is 57.2 Å². The Morgan fingerprint density at radius 1 is 0.733 bits per heavy atom. The SMILES string of the molecule is CC(=O)OC[C@H]1[C@H]2[C@H](O)[C@@H]3C[C@H](OC(C)=O)C(C)=C([C@@H](OC(C)=O)[C@H](OC(C)=O)[C@]2(C)[C@@H](OC(C)=O)C[C@@H]1OC(C)=O)C3(C)C. The van der Waals surface area contributed by atoms with Gasteiger partial charge >= 0.3 is 35.8 Å². The van der Waals surface area contributed by atoms with E-state index in [0.29, 0.717) is 11.1 Å². The molecule has 3 rings (SSSR count). The van der Waals surface area contributed by atoms with Crippen molar-refractivity contribution in [1.29, 1.82) is 0 Å². The number of carbonyl (C=O) groups is 6. The molecule has 2 bridgehead atoms. The van der Waals surface area contributed by atoms with Crippen LogP contribution in [0.3, 0.4) is 0 Å². The van der Waals surface area contributed by atoms with Crippen molar-refractivity contribution < 1.29 is 62.3 Å². The van der Waals surface area contributed by atoms with Gasteiger partial charge in [0.2, 0.25) is 0 Å². The summed E-state index contributed by atoms with van der Waals surface area (Å²) in [7, 11) is 0. The van der Waals surface area contributed by atoms with Gasteiger partial charge in [0.15, 0.2) is 12.2 Å². The molecule has 0 aromatic carbocycles. The predicted molar refractivity (Wildman–Crippen MR) is 155 cm³/mol. The van der Waals surface area contributed by atoms with Crippen LogP contribution in [0.25, 0.3) is 0 Å². The van der Waals surface area contributed by atoms with Crippen LogP contribution >= 0.6 is 0 Å². The first-order valence-electron chi connectivity index (χ1n) is 15.1.